The standard InChI is InChI=1S/C19H24N2/c1-21(2)19-12-10-18(11-13-19)9-6-15-20-16-14-17-7-4-3-5-8-17/h3-13,20H,14-16H2,1-2H3/b9-6+. The summed E-state index contributed by atoms with van der Waals surface area (Å²) in [6.45, 7) is 1.91. The minimum absolute atomic E-state index is 0.905. The molecule has 2 nitrogen and oxygen atoms in total. The Morgan fingerprint density at radius 1 is 0.952 bits per heavy atom. The number of nitrogens with one attached hydrogen (secondary N) is 1. The molecule has 1 N–H and O–H groups in total. The molecule has 0 fully saturated rings. The maximum Gasteiger partial charge on any atom is 0.0361 e. The Hall–Kier alpha value is -2.06. The fourth-order valence-corrected chi connectivity index (χ4v) is 2.14. The van der Waals surface area contributed by atoms with Crippen LogP contribution in [-0.2, 0) is 6.42 Å². The van der Waals surface area contributed by atoms with Crippen molar-refractivity contribution in [1.29, 1.82) is 0 Å². The highest BCUT2D eigenvalue weighted by atomic mass is 15.1. The maximum absolute atomic E-state index is 3.44. The summed E-state index contributed by atoms with van der Waals surface area (Å²) < 4.78 is 0. The Kier molecular flexibility index (Phi) is 6.04. The van der Waals surface area contributed by atoms with E-state index in [0.29, 0.717) is 0 Å². The molecule has 0 aromatic heterocycles. The van der Waals surface area contributed by atoms with Crippen molar-refractivity contribution in [3.63, 3.8) is 0 Å². The number of benzene rings is 2. The van der Waals surface area contributed by atoms with E-state index < -0.39 is 0 Å². The summed E-state index contributed by atoms with van der Waals surface area (Å²) in [5.41, 5.74) is 3.85. The summed E-state index contributed by atoms with van der Waals surface area (Å²) in [6.07, 6.45) is 5.41. The van der Waals surface area contributed by atoms with Gasteiger partial charge in [-0.25, -0.2) is 0 Å². The van der Waals surface area contributed by atoms with Gasteiger partial charge in [0.05, 0.1) is 0 Å². The molecule has 110 valence electrons. The van der Waals surface area contributed by atoms with E-state index in [1.807, 2.05) is 0 Å². The van der Waals surface area contributed by atoms with E-state index in [-0.39, 0.29) is 0 Å². The molecule has 0 radical (unpaired) electrons. The summed E-state index contributed by atoms with van der Waals surface area (Å²) in [7, 11) is 4.11. The van der Waals surface area contributed by atoms with Gasteiger partial charge in [0.1, 0.15) is 0 Å². The molecule has 0 unspecified atom stereocenters. The van der Waals surface area contributed by atoms with Crippen LogP contribution in [0.2, 0.25) is 0 Å². The highest BCUT2D eigenvalue weighted by molar-refractivity contribution is 5.55. The number of hydrogen-bond acceptors (Lipinski definition) is 2. The maximum atomic E-state index is 3.44. The molecule has 0 amide bonds. The molecule has 0 aliphatic carbocycles. The lowest BCUT2D eigenvalue weighted by Gasteiger charge is -2.11. The van der Waals surface area contributed by atoms with E-state index in [9.17, 15) is 0 Å². The quantitative estimate of drug-likeness (QED) is 0.780. The van der Waals surface area contributed by atoms with Crippen LogP contribution in [0.25, 0.3) is 6.08 Å². The number of hydrogen-bond donors (Lipinski definition) is 1. The van der Waals surface area contributed by atoms with Crippen molar-refractivity contribution in [3.05, 3.63) is 71.8 Å². The van der Waals surface area contributed by atoms with Crippen LogP contribution < -0.4 is 10.2 Å². The van der Waals surface area contributed by atoms with Crippen molar-refractivity contribution in [2.24, 2.45) is 0 Å². The van der Waals surface area contributed by atoms with Crippen molar-refractivity contribution < 1.29 is 0 Å². The monoisotopic (exact) mass is 280 g/mol. The Bertz CT molecular complexity index is 542. The van der Waals surface area contributed by atoms with Gasteiger partial charge < -0.3 is 10.2 Å². The first-order valence-corrected chi connectivity index (χ1v) is 7.44. The second-order valence-corrected chi connectivity index (χ2v) is 5.33. The average Bonchev–Trinajstić information content (AvgIpc) is 2.52. The normalized spacial score (nSPS) is 11.0. The molecule has 0 atom stereocenters. The lowest BCUT2D eigenvalue weighted by atomic mass is 10.1. The smallest absolute Gasteiger partial charge is 0.0361 e. The predicted molar refractivity (Wildman–Crippen MR) is 92.8 cm³/mol. The second-order valence-electron chi connectivity index (χ2n) is 5.33. The molecular formula is C19H24N2. The largest absolute Gasteiger partial charge is 0.378 e. The number of rotatable bonds is 7. The van der Waals surface area contributed by atoms with Gasteiger partial charge in [-0.1, -0.05) is 54.6 Å². The fraction of sp³-hybridized carbons (Fsp3) is 0.263. The molecule has 0 heterocycles. The first kappa shape index (κ1) is 15.3. The van der Waals surface area contributed by atoms with E-state index in [4.69, 9.17) is 0 Å². The summed E-state index contributed by atoms with van der Waals surface area (Å²) in [5, 5.41) is 3.44. The summed E-state index contributed by atoms with van der Waals surface area (Å²) in [4.78, 5) is 2.11. The highest BCUT2D eigenvalue weighted by Gasteiger charge is 1.93. The van der Waals surface area contributed by atoms with Crippen molar-refractivity contribution in [1.82, 2.24) is 5.32 Å². The third-order valence-corrected chi connectivity index (χ3v) is 3.42. The van der Waals surface area contributed by atoms with Crippen molar-refractivity contribution >= 4 is 11.8 Å². The van der Waals surface area contributed by atoms with Crippen LogP contribution in [0.4, 0.5) is 5.69 Å². The van der Waals surface area contributed by atoms with E-state index in [1.54, 1.807) is 0 Å². The lowest BCUT2D eigenvalue weighted by Crippen LogP contribution is -2.16. The molecule has 0 saturated carbocycles. The van der Waals surface area contributed by atoms with Gasteiger partial charge in [-0.3, -0.25) is 0 Å². The molecule has 2 rings (SSSR count). The molecule has 21 heavy (non-hydrogen) atoms. The summed E-state index contributed by atoms with van der Waals surface area (Å²) in [5.74, 6) is 0. The van der Waals surface area contributed by atoms with E-state index >= 15 is 0 Å². The SMILES string of the molecule is CN(C)c1ccc(/C=C/CNCCc2ccccc2)cc1. The average molecular weight is 280 g/mol. The Labute approximate surface area is 128 Å². The van der Waals surface area contributed by atoms with E-state index in [2.05, 4.69) is 91.1 Å². The zero-order valence-corrected chi connectivity index (χ0v) is 12.9. The van der Waals surface area contributed by atoms with Gasteiger partial charge in [0.25, 0.3) is 0 Å². The van der Waals surface area contributed by atoms with Gasteiger partial charge >= 0.3 is 0 Å². The van der Waals surface area contributed by atoms with Crippen LogP contribution in [0.3, 0.4) is 0 Å². The first-order valence-electron chi connectivity index (χ1n) is 7.44. The van der Waals surface area contributed by atoms with Crippen molar-refractivity contribution in [2.45, 2.75) is 6.42 Å². The first-order chi connectivity index (χ1) is 10.3. The van der Waals surface area contributed by atoms with Gasteiger partial charge in [0, 0.05) is 26.3 Å². The van der Waals surface area contributed by atoms with Gasteiger partial charge in [0.15, 0.2) is 0 Å². The zero-order valence-electron chi connectivity index (χ0n) is 12.9. The van der Waals surface area contributed by atoms with Crippen LogP contribution in [0.15, 0.2) is 60.7 Å². The Balaban J connectivity index is 1.68. The van der Waals surface area contributed by atoms with Crippen LogP contribution in [0.5, 0.6) is 0 Å². The van der Waals surface area contributed by atoms with Crippen molar-refractivity contribution in [2.75, 3.05) is 32.1 Å². The molecule has 2 aromatic rings. The fourth-order valence-electron chi connectivity index (χ4n) is 2.14. The van der Waals surface area contributed by atoms with Gasteiger partial charge in [-0.05, 0) is 36.2 Å². The number of anilines is 1. The van der Waals surface area contributed by atoms with Crippen LogP contribution in [-0.4, -0.2) is 27.2 Å². The summed E-state index contributed by atoms with van der Waals surface area (Å²) >= 11 is 0. The van der Waals surface area contributed by atoms with Gasteiger partial charge in [0.2, 0.25) is 0 Å². The van der Waals surface area contributed by atoms with E-state index in [1.165, 1.54) is 16.8 Å². The van der Waals surface area contributed by atoms with Gasteiger partial charge in [-0.2, -0.15) is 0 Å². The molecule has 0 aliphatic rings. The third kappa shape index (κ3) is 5.44. The molecule has 0 aliphatic heterocycles. The molecule has 2 heteroatoms. The molecule has 0 saturated heterocycles. The minimum atomic E-state index is 0.905. The van der Waals surface area contributed by atoms with Crippen molar-refractivity contribution in [3.8, 4) is 0 Å². The Morgan fingerprint density at radius 3 is 2.33 bits per heavy atom. The number of nitrogens with zero attached hydrogens (tertiary/aromatic N) is 1. The lowest BCUT2D eigenvalue weighted by molar-refractivity contribution is 0.745. The van der Waals surface area contributed by atoms with Crippen LogP contribution in [0, 0.1) is 0 Å². The Morgan fingerprint density at radius 2 is 1.67 bits per heavy atom. The molecule has 0 spiro atoms. The zero-order chi connectivity index (χ0) is 14.9. The predicted octanol–water partition coefficient (Wildman–Crippen LogP) is 3.60. The van der Waals surface area contributed by atoms with E-state index in [0.717, 1.165) is 19.5 Å². The molecular weight excluding hydrogens is 256 g/mol. The summed E-state index contributed by atoms with van der Waals surface area (Å²) in [6, 6.07) is 19.2. The topological polar surface area (TPSA) is 15.3 Å². The molecule has 0 bridgehead atoms. The molecule has 2 aromatic carbocycles. The third-order valence-electron chi connectivity index (χ3n) is 3.42. The highest BCUT2D eigenvalue weighted by Crippen LogP contribution is 2.12. The van der Waals surface area contributed by atoms with Crippen LogP contribution in [0.1, 0.15) is 11.1 Å². The van der Waals surface area contributed by atoms with Gasteiger partial charge in [-0.15, -0.1) is 0 Å². The minimum Gasteiger partial charge on any atom is -0.378 e. The van der Waals surface area contributed by atoms with Crippen LogP contribution >= 0.6 is 0 Å². The second kappa shape index (κ2) is 8.28.